The van der Waals surface area contributed by atoms with Gasteiger partial charge < -0.3 is 4.90 Å². The van der Waals surface area contributed by atoms with Crippen LogP contribution in [0.2, 0.25) is 0 Å². The maximum Gasteiger partial charge on any atom is -0.00159 e. The molecule has 1 aliphatic rings. The summed E-state index contributed by atoms with van der Waals surface area (Å²) in [5.41, 5.74) is 0.519. The van der Waals surface area contributed by atoms with Crippen molar-refractivity contribution in [2.75, 3.05) is 19.6 Å². The minimum absolute atomic E-state index is 0.519. The summed E-state index contributed by atoms with van der Waals surface area (Å²) >= 11 is 0. The van der Waals surface area contributed by atoms with Crippen LogP contribution in [0.3, 0.4) is 0 Å². The molecule has 0 aromatic rings. The molecule has 1 nitrogen and oxygen atoms in total. The first-order chi connectivity index (χ1) is 9.04. The first-order valence-electron chi connectivity index (χ1n) is 8.76. The van der Waals surface area contributed by atoms with E-state index in [4.69, 9.17) is 0 Å². The van der Waals surface area contributed by atoms with Crippen molar-refractivity contribution in [3.8, 4) is 0 Å². The molecule has 0 aromatic carbocycles. The van der Waals surface area contributed by atoms with E-state index in [1.807, 2.05) is 0 Å². The Labute approximate surface area is 122 Å². The van der Waals surface area contributed by atoms with Gasteiger partial charge in [-0.1, -0.05) is 66.2 Å². The Kier molecular flexibility index (Phi) is 8.06. The van der Waals surface area contributed by atoms with Crippen molar-refractivity contribution < 1.29 is 0 Å². The molecule has 0 amide bonds. The molecule has 0 unspecified atom stereocenters. The van der Waals surface area contributed by atoms with Gasteiger partial charge in [0.2, 0.25) is 0 Å². The van der Waals surface area contributed by atoms with Gasteiger partial charge in [-0.05, 0) is 50.2 Å². The summed E-state index contributed by atoms with van der Waals surface area (Å²) in [6.45, 7) is 13.6. The highest BCUT2D eigenvalue weighted by molar-refractivity contribution is 4.80. The average molecular weight is 268 g/mol. The van der Waals surface area contributed by atoms with E-state index < -0.39 is 0 Å². The van der Waals surface area contributed by atoms with Gasteiger partial charge in [-0.3, -0.25) is 0 Å². The van der Waals surface area contributed by atoms with Gasteiger partial charge in [-0.2, -0.15) is 0 Å². The number of rotatable bonds is 8. The molecule has 1 fully saturated rings. The zero-order valence-corrected chi connectivity index (χ0v) is 14.0. The molecule has 114 valence electrons. The van der Waals surface area contributed by atoms with Crippen LogP contribution in [0.4, 0.5) is 0 Å². The van der Waals surface area contributed by atoms with E-state index in [2.05, 4.69) is 32.6 Å². The first-order valence-corrected chi connectivity index (χ1v) is 8.76. The Morgan fingerprint density at radius 3 is 1.89 bits per heavy atom. The fraction of sp³-hybridized carbons (Fsp3) is 1.00. The molecule has 0 atom stereocenters. The maximum absolute atomic E-state index is 2.70. The molecular formula is C18H37N. The lowest BCUT2D eigenvalue weighted by Crippen LogP contribution is -2.38. The normalized spacial score (nSPS) is 18.9. The van der Waals surface area contributed by atoms with Crippen LogP contribution in [-0.4, -0.2) is 24.5 Å². The Bertz CT molecular complexity index is 208. The third-order valence-electron chi connectivity index (χ3n) is 4.89. The van der Waals surface area contributed by atoms with Gasteiger partial charge in [0.05, 0.1) is 0 Å². The Morgan fingerprint density at radius 1 is 0.842 bits per heavy atom. The molecule has 0 N–H and O–H groups in total. The molecule has 1 heterocycles. The molecular weight excluding hydrogens is 230 g/mol. The third kappa shape index (κ3) is 7.34. The lowest BCUT2D eigenvalue weighted by Gasteiger charge is -2.38. The van der Waals surface area contributed by atoms with Crippen molar-refractivity contribution in [3.63, 3.8) is 0 Å². The zero-order valence-electron chi connectivity index (χ0n) is 14.0. The van der Waals surface area contributed by atoms with E-state index in [0.717, 1.165) is 5.92 Å². The van der Waals surface area contributed by atoms with Gasteiger partial charge in [-0.25, -0.2) is 0 Å². The maximum atomic E-state index is 2.70. The number of likely N-dealkylation sites (tertiary alicyclic amines) is 1. The van der Waals surface area contributed by atoms with E-state index in [1.165, 1.54) is 77.4 Å². The third-order valence-corrected chi connectivity index (χ3v) is 4.89. The van der Waals surface area contributed by atoms with E-state index in [9.17, 15) is 0 Å². The van der Waals surface area contributed by atoms with Gasteiger partial charge in [-0.15, -0.1) is 0 Å². The van der Waals surface area contributed by atoms with Crippen LogP contribution in [0.15, 0.2) is 0 Å². The molecule has 0 saturated carbocycles. The summed E-state index contributed by atoms with van der Waals surface area (Å²) in [5, 5.41) is 0. The van der Waals surface area contributed by atoms with Crippen LogP contribution in [0.25, 0.3) is 0 Å². The van der Waals surface area contributed by atoms with Crippen molar-refractivity contribution in [2.24, 2.45) is 11.3 Å². The number of hydrogen-bond donors (Lipinski definition) is 0. The summed E-state index contributed by atoms with van der Waals surface area (Å²) < 4.78 is 0. The molecule has 19 heavy (non-hydrogen) atoms. The summed E-state index contributed by atoms with van der Waals surface area (Å²) in [7, 11) is 0. The molecule has 1 saturated heterocycles. The molecule has 0 aliphatic carbocycles. The van der Waals surface area contributed by atoms with Crippen LogP contribution in [0.5, 0.6) is 0 Å². The van der Waals surface area contributed by atoms with E-state index >= 15 is 0 Å². The smallest absolute Gasteiger partial charge is 0.00159 e. The van der Waals surface area contributed by atoms with Crippen molar-refractivity contribution >= 4 is 0 Å². The van der Waals surface area contributed by atoms with Crippen molar-refractivity contribution in [1.29, 1.82) is 0 Å². The van der Waals surface area contributed by atoms with Crippen LogP contribution >= 0.6 is 0 Å². The predicted octanol–water partition coefficient (Wildman–Crippen LogP) is 5.50. The minimum atomic E-state index is 0.519. The SMILES string of the molecule is CCCCCCCCCN1CCC(C(C)(C)C)CC1. The fourth-order valence-corrected chi connectivity index (χ4v) is 3.32. The first kappa shape index (κ1) is 17.0. The molecule has 0 bridgehead atoms. The summed E-state index contributed by atoms with van der Waals surface area (Å²) in [6, 6.07) is 0. The molecule has 1 rings (SSSR count). The topological polar surface area (TPSA) is 3.24 Å². The molecule has 1 aliphatic heterocycles. The van der Waals surface area contributed by atoms with Crippen molar-refractivity contribution in [1.82, 2.24) is 4.90 Å². The second-order valence-electron chi connectivity index (χ2n) is 7.60. The molecule has 0 aromatic heterocycles. The minimum Gasteiger partial charge on any atom is -0.303 e. The molecule has 1 heteroatoms. The van der Waals surface area contributed by atoms with Crippen LogP contribution in [0.1, 0.15) is 85.5 Å². The van der Waals surface area contributed by atoms with Crippen molar-refractivity contribution in [2.45, 2.75) is 85.5 Å². The zero-order chi connectivity index (χ0) is 14.1. The predicted molar refractivity (Wildman–Crippen MR) is 86.6 cm³/mol. The number of hydrogen-bond acceptors (Lipinski definition) is 1. The highest BCUT2D eigenvalue weighted by atomic mass is 15.1. The van der Waals surface area contributed by atoms with Gasteiger partial charge in [0, 0.05) is 0 Å². The summed E-state index contributed by atoms with van der Waals surface area (Å²) in [4.78, 5) is 2.70. The monoisotopic (exact) mass is 267 g/mol. The fourth-order valence-electron chi connectivity index (χ4n) is 3.32. The highest BCUT2D eigenvalue weighted by Crippen LogP contribution is 2.34. The summed E-state index contributed by atoms with van der Waals surface area (Å²) in [6.07, 6.45) is 12.9. The quantitative estimate of drug-likeness (QED) is 0.525. The highest BCUT2D eigenvalue weighted by Gasteiger charge is 2.28. The lowest BCUT2D eigenvalue weighted by molar-refractivity contribution is 0.111. The standard InChI is InChI=1S/C18H37N/c1-5-6-7-8-9-10-11-14-19-15-12-17(13-16-19)18(2,3)4/h17H,5-16H2,1-4H3. The second kappa shape index (κ2) is 9.00. The van der Waals surface area contributed by atoms with E-state index in [-0.39, 0.29) is 0 Å². The van der Waals surface area contributed by atoms with Crippen LogP contribution in [0, 0.1) is 11.3 Å². The van der Waals surface area contributed by atoms with Gasteiger partial charge in [0.25, 0.3) is 0 Å². The average Bonchev–Trinajstić information content (AvgIpc) is 2.37. The van der Waals surface area contributed by atoms with Gasteiger partial charge in [0.15, 0.2) is 0 Å². The number of piperidine rings is 1. The largest absolute Gasteiger partial charge is 0.303 e. The Morgan fingerprint density at radius 2 is 1.37 bits per heavy atom. The Balaban J connectivity index is 1.98. The molecule has 0 spiro atoms. The van der Waals surface area contributed by atoms with Crippen LogP contribution < -0.4 is 0 Å². The summed E-state index contributed by atoms with van der Waals surface area (Å²) in [5.74, 6) is 0.942. The van der Waals surface area contributed by atoms with Gasteiger partial charge in [0.1, 0.15) is 0 Å². The number of unbranched alkanes of at least 4 members (excludes halogenated alkanes) is 6. The van der Waals surface area contributed by atoms with Crippen molar-refractivity contribution in [3.05, 3.63) is 0 Å². The molecule has 0 radical (unpaired) electrons. The second-order valence-corrected chi connectivity index (χ2v) is 7.60. The lowest BCUT2D eigenvalue weighted by atomic mass is 9.75. The number of nitrogens with zero attached hydrogens (tertiary/aromatic N) is 1. The van der Waals surface area contributed by atoms with Gasteiger partial charge >= 0.3 is 0 Å². The van der Waals surface area contributed by atoms with Crippen LogP contribution in [-0.2, 0) is 0 Å². The van der Waals surface area contributed by atoms with E-state index in [1.54, 1.807) is 0 Å². The Hall–Kier alpha value is -0.0400. The van der Waals surface area contributed by atoms with E-state index in [0.29, 0.717) is 5.41 Å².